The van der Waals surface area contributed by atoms with Gasteiger partial charge in [0.05, 0.1) is 5.69 Å². The molecular formula is C26H27N3O3-2. The van der Waals surface area contributed by atoms with Crippen molar-refractivity contribution in [1.29, 1.82) is 0 Å². The summed E-state index contributed by atoms with van der Waals surface area (Å²) in [6.45, 7) is 5.99. The van der Waals surface area contributed by atoms with Crippen LogP contribution in [0.5, 0.6) is 0 Å². The van der Waals surface area contributed by atoms with Gasteiger partial charge in [-0.15, -0.1) is 12.2 Å². The number of anilines is 1. The summed E-state index contributed by atoms with van der Waals surface area (Å²) in [7, 11) is 1.98. The summed E-state index contributed by atoms with van der Waals surface area (Å²) >= 11 is 0. The van der Waals surface area contributed by atoms with E-state index in [4.69, 9.17) is 0 Å². The molecule has 2 aromatic carbocycles. The van der Waals surface area contributed by atoms with E-state index >= 15 is 0 Å². The van der Waals surface area contributed by atoms with E-state index in [1.165, 1.54) is 10.2 Å². The molecule has 6 heteroatoms. The van der Waals surface area contributed by atoms with Gasteiger partial charge in [-0.3, -0.25) is 9.89 Å². The number of nitrogens with one attached hydrogen (secondary N) is 1. The van der Waals surface area contributed by atoms with Crippen molar-refractivity contribution in [3.05, 3.63) is 93.5 Å². The number of H-pyrrole nitrogens is 1. The molecule has 3 aromatic rings. The third kappa shape index (κ3) is 2.83. The maximum atomic E-state index is 13.3. The van der Waals surface area contributed by atoms with Gasteiger partial charge >= 0.3 is 0 Å². The summed E-state index contributed by atoms with van der Waals surface area (Å²) in [5.41, 5.74) is 4.24. The molecule has 0 radical (unpaired) electrons. The van der Waals surface area contributed by atoms with Crippen LogP contribution in [0.3, 0.4) is 0 Å². The van der Waals surface area contributed by atoms with Crippen LogP contribution < -0.4 is 20.7 Å². The number of rotatable bonds is 3. The number of nitrogens with zero attached hydrogens (tertiary/aromatic N) is 2. The molecule has 0 amide bonds. The first kappa shape index (κ1) is 20.8. The van der Waals surface area contributed by atoms with Gasteiger partial charge in [-0.25, -0.2) is 4.68 Å². The second-order valence-electron chi connectivity index (χ2n) is 9.41. The first-order valence-electron chi connectivity index (χ1n) is 11.0. The standard InChI is InChI=1S/C26H27N3O3/c1-15-21(25(32)29(27-15)16-10-6-5-7-11-16)22-23(30)17(24(22)31)14-20-26(2,3)18-12-8-9-13-19(18)28(20)4/h5-14,17,22-24,27H,1-4H3/q-2/b20-14+. The Kier molecular flexibility index (Phi) is 4.69. The minimum Gasteiger partial charge on any atom is -0.851 e. The number of hydrogen-bond donors (Lipinski definition) is 1. The van der Waals surface area contributed by atoms with Gasteiger partial charge < -0.3 is 15.1 Å². The lowest BCUT2D eigenvalue weighted by Gasteiger charge is -2.60. The van der Waals surface area contributed by atoms with Crippen LogP contribution in [0.4, 0.5) is 5.69 Å². The first-order chi connectivity index (χ1) is 15.2. The van der Waals surface area contributed by atoms with Crippen molar-refractivity contribution in [3.63, 3.8) is 0 Å². The second kappa shape index (κ2) is 7.22. The number of aryl methyl sites for hydroxylation is 1. The van der Waals surface area contributed by atoms with Crippen molar-refractivity contribution in [2.24, 2.45) is 5.92 Å². The van der Waals surface area contributed by atoms with Gasteiger partial charge in [0.1, 0.15) is 0 Å². The van der Waals surface area contributed by atoms with Gasteiger partial charge in [0.25, 0.3) is 5.56 Å². The Morgan fingerprint density at radius 1 is 1.00 bits per heavy atom. The van der Waals surface area contributed by atoms with Crippen molar-refractivity contribution in [2.45, 2.75) is 44.3 Å². The average molecular weight is 430 g/mol. The monoisotopic (exact) mass is 429 g/mol. The summed E-state index contributed by atoms with van der Waals surface area (Å²) in [5, 5.41) is 29.6. The molecule has 1 aliphatic heterocycles. The molecule has 2 atom stereocenters. The number of likely N-dealkylation sites (N-methyl/N-ethyl adjacent to an activating group) is 1. The molecule has 0 spiro atoms. The molecule has 1 saturated carbocycles. The fraction of sp³-hybridized carbons (Fsp3) is 0.346. The molecule has 2 unspecified atom stereocenters. The van der Waals surface area contributed by atoms with Gasteiger partial charge in [-0.1, -0.05) is 56.3 Å². The molecule has 1 N–H and O–H groups in total. The predicted octanol–water partition coefficient (Wildman–Crippen LogP) is 1.96. The molecule has 166 valence electrons. The predicted molar refractivity (Wildman–Crippen MR) is 121 cm³/mol. The van der Waals surface area contributed by atoms with Crippen LogP contribution in [-0.4, -0.2) is 29.0 Å². The van der Waals surface area contributed by atoms with Crippen molar-refractivity contribution in [2.75, 3.05) is 11.9 Å². The molecule has 1 aliphatic carbocycles. The summed E-state index contributed by atoms with van der Waals surface area (Å²) < 4.78 is 1.42. The molecule has 2 heterocycles. The van der Waals surface area contributed by atoms with Crippen molar-refractivity contribution < 1.29 is 10.2 Å². The minimum atomic E-state index is -1.15. The van der Waals surface area contributed by atoms with E-state index in [2.05, 4.69) is 36.0 Å². The molecular weight excluding hydrogens is 402 g/mol. The zero-order valence-electron chi connectivity index (χ0n) is 18.7. The highest BCUT2D eigenvalue weighted by Crippen LogP contribution is 2.49. The summed E-state index contributed by atoms with van der Waals surface area (Å²) in [5.74, 6) is -1.51. The summed E-state index contributed by atoms with van der Waals surface area (Å²) in [6, 6.07) is 17.3. The number of allylic oxidation sites excluding steroid dienone is 1. The van der Waals surface area contributed by atoms with E-state index in [1.807, 2.05) is 55.6 Å². The molecule has 1 fully saturated rings. The lowest BCUT2D eigenvalue weighted by Crippen LogP contribution is -2.65. The SMILES string of the molecule is Cc1[nH]n(-c2ccccc2)c(=O)c1C1C([O-])C(/C=C2/N(C)c3ccccc3C2(C)C)C1[O-]. The Hall–Kier alpha value is -3.09. The zero-order chi connectivity index (χ0) is 22.8. The maximum Gasteiger partial charge on any atom is 0.274 e. The Morgan fingerprint density at radius 3 is 2.28 bits per heavy atom. The van der Waals surface area contributed by atoms with Crippen molar-refractivity contribution in [3.8, 4) is 5.69 Å². The Balaban J connectivity index is 1.47. The van der Waals surface area contributed by atoms with Crippen LogP contribution in [0, 0.1) is 12.8 Å². The quantitative estimate of drug-likeness (QED) is 0.690. The molecule has 0 bridgehead atoms. The van der Waals surface area contributed by atoms with Crippen LogP contribution in [0.2, 0.25) is 0 Å². The highest BCUT2D eigenvalue weighted by atomic mass is 16.3. The normalized spacial score (nSPS) is 27.4. The second-order valence-corrected chi connectivity index (χ2v) is 9.41. The summed E-state index contributed by atoms with van der Waals surface area (Å²) in [6.07, 6.45) is -0.433. The Morgan fingerprint density at radius 2 is 1.62 bits per heavy atom. The number of hydrogen-bond acceptors (Lipinski definition) is 4. The summed E-state index contributed by atoms with van der Waals surface area (Å²) in [4.78, 5) is 15.2. The maximum absolute atomic E-state index is 13.3. The van der Waals surface area contributed by atoms with E-state index in [0.717, 1.165) is 11.4 Å². The lowest BCUT2D eigenvalue weighted by atomic mass is 9.65. The highest BCUT2D eigenvalue weighted by Gasteiger charge is 2.43. The third-order valence-electron chi connectivity index (χ3n) is 7.22. The van der Waals surface area contributed by atoms with Gasteiger partial charge in [-0.2, -0.15) is 0 Å². The topological polar surface area (TPSA) is 87.1 Å². The molecule has 6 nitrogen and oxygen atoms in total. The van der Waals surface area contributed by atoms with E-state index < -0.39 is 24.0 Å². The smallest absolute Gasteiger partial charge is 0.274 e. The van der Waals surface area contributed by atoms with Crippen LogP contribution >= 0.6 is 0 Å². The van der Waals surface area contributed by atoms with Crippen LogP contribution in [0.1, 0.15) is 36.6 Å². The molecule has 1 aromatic heterocycles. The Labute approximate surface area is 187 Å². The molecule has 0 saturated heterocycles. The molecule has 2 aliphatic rings. The van der Waals surface area contributed by atoms with Gasteiger partial charge in [0.15, 0.2) is 0 Å². The third-order valence-corrected chi connectivity index (χ3v) is 7.22. The minimum absolute atomic E-state index is 0.292. The fourth-order valence-corrected chi connectivity index (χ4v) is 5.42. The number of para-hydroxylation sites is 2. The van der Waals surface area contributed by atoms with Gasteiger partial charge in [-0.05, 0) is 42.5 Å². The van der Waals surface area contributed by atoms with Crippen molar-refractivity contribution >= 4 is 5.69 Å². The van der Waals surface area contributed by atoms with E-state index in [0.29, 0.717) is 16.9 Å². The first-order valence-corrected chi connectivity index (χ1v) is 11.0. The average Bonchev–Trinajstić information content (AvgIpc) is 3.18. The van der Waals surface area contributed by atoms with Crippen LogP contribution in [0.15, 0.2) is 71.2 Å². The number of fused-ring (bicyclic) bond motifs is 1. The fourth-order valence-electron chi connectivity index (χ4n) is 5.42. The number of aromatic nitrogens is 2. The van der Waals surface area contributed by atoms with Crippen LogP contribution in [0.25, 0.3) is 5.69 Å². The number of aromatic amines is 1. The van der Waals surface area contributed by atoms with E-state index in [1.54, 1.807) is 6.92 Å². The largest absolute Gasteiger partial charge is 0.851 e. The van der Waals surface area contributed by atoms with Gasteiger partial charge in [0, 0.05) is 35.1 Å². The lowest BCUT2D eigenvalue weighted by molar-refractivity contribution is -0.543. The molecule has 5 rings (SSSR count). The Bertz CT molecular complexity index is 1240. The van der Waals surface area contributed by atoms with E-state index in [9.17, 15) is 15.0 Å². The van der Waals surface area contributed by atoms with Gasteiger partial charge in [0.2, 0.25) is 0 Å². The highest BCUT2D eigenvalue weighted by molar-refractivity contribution is 5.69. The zero-order valence-corrected chi connectivity index (χ0v) is 18.7. The van der Waals surface area contributed by atoms with Crippen LogP contribution in [-0.2, 0) is 5.41 Å². The van der Waals surface area contributed by atoms with E-state index in [-0.39, 0.29) is 11.0 Å². The van der Waals surface area contributed by atoms with Crippen molar-refractivity contribution in [1.82, 2.24) is 9.78 Å². The molecule has 32 heavy (non-hydrogen) atoms. The number of benzene rings is 2.